The third kappa shape index (κ3) is 2.98. The van der Waals surface area contributed by atoms with E-state index in [9.17, 15) is 13.9 Å². The SMILES string of the molecule is O=[S+]([O-])(Cc1ccccc1)N1C[C@@H](CO)[C@@H]2Oc3ccc(Cl)cc3[C@@H]21. The Hall–Kier alpha value is -1.44. The van der Waals surface area contributed by atoms with Gasteiger partial charge in [-0.2, -0.15) is 0 Å². The normalized spacial score (nSPS) is 27.4. The number of aliphatic hydroxyl groups excluding tert-OH is 1. The van der Waals surface area contributed by atoms with E-state index in [1.165, 1.54) is 4.31 Å². The van der Waals surface area contributed by atoms with Crippen LogP contribution >= 0.6 is 11.6 Å². The van der Waals surface area contributed by atoms with Crippen LogP contribution in [0, 0.1) is 5.92 Å². The lowest BCUT2D eigenvalue weighted by Gasteiger charge is -2.28. The van der Waals surface area contributed by atoms with Gasteiger partial charge in [0.25, 0.3) is 0 Å². The Morgan fingerprint density at radius 1 is 1.28 bits per heavy atom. The van der Waals surface area contributed by atoms with Gasteiger partial charge in [0, 0.05) is 22.1 Å². The summed E-state index contributed by atoms with van der Waals surface area (Å²) in [5.74, 6) is 0.296. The van der Waals surface area contributed by atoms with Gasteiger partial charge < -0.3 is 14.4 Å². The first-order valence-electron chi connectivity index (χ1n) is 8.10. The van der Waals surface area contributed by atoms with Crippen molar-refractivity contribution in [1.82, 2.24) is 4.31 Å². The summed E-state index contributed by atoms with van der Waals surface area (Å²) in [5, 5.41) is 10.2. The Morgan fingerprint density at radius 2 is 2.04 bits per heavy atom. The summed E-state index contributed by atoms with van der Waals surface area (Å²) in [6.45, 7) is 0.118. The Bertz CT molecular complexity index is 831. The lowest BCUT2D eigenvalue weighted by Crippen LogP contribution is -2.38. The molecule has 132 valence electrons. The fourth-order valence-corrected chi connectivity index (χ4v) is 5.64. The summed E-state index contributed by atoms with van der Waals surface area (Å²) in [5.41, 5.74) is 1.50. The zero-order chi connectivity index (χ0) is 17.6. The van der Waals surface area contributed by atoms with Crippen molar-refractivity contribution in [1.29, 1.82) is 0 Å². The molecule has 2 heterocycles. The number of hydrogen-bond acceptors (Lipinski definition) is 4. The van der Waals surface area contributed by atoms with Gasteiger partial charge in [-0.05, 0) is 18.2 Å². The molecule has 5 nitrogen and oxygen atoms in total. The molecule has 1 fully saturated rings. The van der Waals surface area contributed by atoms with E-state index in [4.69, 9.17) is 16.3 Å². The van der Waals surface area contributed by atoms with Crippen LogP contribution in [-0.2, 0) is 20.4 Å². The van der Waals surface area contributed by atoms with Crippen LogP contribution in [0.25, 0.3) is 0 Å². The van der Waals surface area contributed by atoms with Crippen LogP contribution in [0.4, 0.5) is 0 Å². The minimum absolute atomic E-state index is 0.0783. The fraction of sp³-hybridized carbons (Fsp3) is 0.333. The molecule has 2 aliphatic heterocycles. The number of sulfonamides is 1. The number of aliphatic hydroxyl groups is 1. The predicted molar refractivity (Wildman–Crippen MR) is 94.9 cm³/mol. The summed E-state index contributed by atoms with van der Waals surface area (Å²) in [7, 11) is -3.57. The van der Waals surface area contributed by atoms with Crippen LogP contribution in [0.5, 0.6) is 5.75 Å². The molecule has 4 rings (SSSR count). The van der Waals surface area contributed by atoms with Gasteiger partial charge in [0.2, 0.25) is 0 Å². The number of fused-ring (bicyclic) bond motifs is 3. The number of nitrogens with zero attached hydrogens (tertiary/aromatic N) is 1. The Balaban J connectivity index is 1.70. The number of benzene rings is 2. The molecule has 7 heteroatoms. The molecule has 0 aromatic heterocycles. The van der Waals surface area contributed by atoms with Crippen molar-refractivity contribution in [3.63, 3.8) is 0 Å². The lowest BCUT2D eigenvalue weighted by molar-refractivity contribution is 0.121. The van der Waals surface area contributed by atoms with Crippen molar-refractivity contribution in [2.24, 2.45) is 5.92 Å². The number of ether oxygens (including phenoxy) is 1. The molecule has 2 aromatic rings. The van der Waals surface area contributed by atoms with Gasteiger partial charge in [-0.25, -0.2) is 0 Å². The second-order valence-electron chi connectivity index (χ2n) is 6.46. The zero-order valence-corrected chi connectivity index (χ0v) is 14.9. The molecule has 0 spiro atoms. The summed E-state index contributed by atoms with van der Waals surface area (Å²) >= 11 is 6.10. The number of hydrogen-bond donors (Lipinski definition) is 1. The molecule has 4 atom stereocenters. The van der Waals surface area contributed by atoms with Gasteiger partial charge in [0.05, 0.1) is 13.2 Å². The first-order valence-corrected chi connectivity index (χ1v) is 10.1. The molecule has 2 aromatic carbocycles. The van der Waals surface area contributed by atoms with Crippen LogP contribution < -0.4 is 4.74 Å². The third-order valence-corrected chi connectivity index (χ3v) is 6.86. The summed E-state index contributed by atoms with van der Waals surface area (Å²) in [6, 6.07) is 13.9. The Labute approximate surface area is 152 Å². The van der Waals surface area contributed by atoms with E-state index in [0.717, 1.165) is 11.1 Å². The topological polar surface area (TPSA) is 72.8 Å². The summed E-state index contributed by atoms with van der Waals surface area (Å²) in [6.07, 6.45) is -0.385. The highest BCUT2D eigenvalue weighted by atomic mass is 35.5. The molecule has 0 bridgehead atoms. The number of rotatable bonds is 4. The quantitative estimate of drug-likeness (QED) is 0.829. The van der Waals surface area contributed by atoms with Crippen molar-refractivity contribution < 1.29 is 18.6 Å². The summed E-state index contributed by atoms with van der Waals surface area (Å²) in [4.78, 5) is 0. The molecule has 0 radical (unpaired) electrons. The molecule has 2 aliphatic rings. The van der Waals surface area contributed by atoms with Crippen molar-refractivity contribution in [2.75, 3.05) is 13.2 Å². The fourth-order valence-electron chi connectivity index (χ4n) is 3.68. The molecule has 0 saturated carbocycles. The maximum atomic E-state index is 13.1. The van der Waals surface area contributed by atoms with Crippen molar-refractivity contribution in [2.45, 2.75) is 17.9 Å². The Kier molecular flexibility index (Phi) is 4.33. The minimum Gasteiger partial charge on any atom is -0.597 e. The first-order chi connectivity index (χ1) is 12.0. The van der Waals surface area contributed by atoms with Crippen LogP contribution in [0.3, 0.4) is 0 Å². The molecule has 1 unspecified atom stereocenters. The van der Waals surface area contributed by atoms with Crippen LogP contribution in [0.15, 0.2) is 48.5 Å². The smallest absolute Gasteiger partial charge is 0.152 e. The van der Waals surface area contributed by atoms with Crippen molar-refractivity contribution in [3.8, 4) is 5.75 Å². The maximum Gasteiger partial charge on any atom is 0.152 e. The van der Waals surface area contributed by atoms with Gasteiger partial charge in [0.1, 0.15) is 28.3 Å². The standard InChI is InChI=1S/C18H18ClNO4S/c19-14-6-7-16-15(8-14)17-18(24-16)13(10-21)9-20(17)25(22,23)11-12-4-2-1-3-5-12/h1-8,13,17-18,21H,9-11H2/t13-,17-,18-/m0/s1. The van der Waals surface area contributed by atoms with Crippen LogP contribution in [0.2, 0.25) is 5.02 Å². The van der Waals surface area contributed by atoms with E-state index >= 15 is 0 Å². The zero-order valence-electron chi connectivity index (χ0n) is 13.4. The second kappa shape index (κ2) is 6.37. The van der Waals surface area contributed by atoms with E-state index < -0.39 is 16.4 Å². The highest BCUT2D eigenvalue weighted by molar-refractivity contribution is 7.94. The van der Waals surface area contributed by atoms with Crippen LogP contribution in [0.1, 0.15) is 17.2 Å². The van der Waals surface area contributed by atoms with E-state index in [0.29, 0.717) is 10.8 Å². The van der Waals surface area contributed by atoms with E-state index in [2.05, 4.69) is 0 Å². The van der Waals surface area contributed by atoms with E-state index in [-0.39, 0.29) is 30.9 Å². The summed E-state index contributed by atoms with van der Waals surface area (Å²) < 4.78 is 33.5. The molecular formula is C18H18ClNO4S. The molecule has 0 amide bonds. The first kappa shape index (κ1) is 17.0. The highest BCUT2D eigenvalue weighted by Gasteiger charge is 2.55. The average molecular weight is 380 g/mol. The third-order valence-electron chi connectivity index (χ3n) is 4.84. The van der Waals surface area contributed by atoms with E-state index in [1.807, 2.05) is 18.2 Å². The maximum absolute atomic E-state index is 13.1. The Morgan fingerprint density at radius 3 is 2.76 bits per heavy atom. The average Bonchev–Trinajstić information content (AvgIpc) is 3.12. The highest BCUT2D eigenvalue weighted by Crippen LogP contribution is 2.50. The predicted octanol–water partition coefficient (Wildman–Crippen LogP) is 2.81. The molecule has 1 saturated heterocycles. The largest absolute Gasteiger partial charge is 0.597 e. The van der Waals surface area contributed by atoms with Crippen molar-refractivity contribution in [3.05, 3.63) is 64.7 Å². The second-order valence-corrected chi connectivity index (χ2v) is 8.82. The number of halogens is 1. The molecule has 0 aliphatic carbocycles. The molecular weight excluding hydrogens is 362 g/mol. The van der Waals surface area contributed by atoms with Gasteiger partial charge in [-0.3, -0.25) is 0 Å². The monoisotopic (exact) mass is 379 g/mol. The van der Waals surface area contributed by atoms with E-state index in [1.54, 1.807) is 30.3 Å². The molecule has 1 N–H and O–H groups in total. The van der Waals surface area contributed by atoms with Gasteiger partial charge in [-0.15, -0.1) is 4.31 Å². The van der Waals surface area contributed by atoms with Gasteiger partial charge in [0.15, 0.2) is 5.75 Å². The minimum atomic E-state index is -3.57. The molecule has 25 heavy (non-hydrogen) atoms. The van der Waals surface area contributed by atoms with Gasteiger partial charge in [-0.1, -0.05) is 46.1 Å². The van der Waals surface area contributed by atoms with Crippen molar-refractivity contribution >= 4 is 22.0 Å². The lowest BCUT2D eigenvalue weighted by atomic mass is 10.00. The van der Waals surface area contributed by atoms with Gasteiger partial charge >= 0.3 is 0 Å². The van der Waals surface area contributed by atoms with Crippen LogP contribution in [-0.4, -0.2) is 33.2 Å².